The molecule has 0 spiro atoms. The van der Waals surface area contributed by atoms with Crippen LogP contribution in [0.25, 0.3) is 11.4 Å². The number of hydrogen-bond donors (Lipinski definition) is 1. The highest BCUT2D eigenvalue weighted by atomic mass is 16.2. The standard InChI is InChI=1S/C18H17N3O2/c1-13-8-6-7-11-15(13)21-17(22)12-16(19-2)20(18(21)23)14-9-4-3-5-10-14/h3-12,19H,1-2H3. The van der Waals surface area contributed by atoms with E-state index in [-0.39, 0.29) is 5.56 Å². The van der Waals surface area contributed by atoms with Crippen molar-refractivity contribution >= 4 is 5.82 Å². The molecule has 3 aromatic rings. The van der Waals surface area contributed by atoms with Gasteiger partial charge in [0.2, 0.25) is 0 Å². The van der Waals surface area contributed by atoms with E-state index in [0.717, 1.165) is 5.56 Å². The Balaban J connectivity index is 2.39. The lowest BCUT2D eigenvalue weighted by Gasteiger charge is -2.16. The molecule has 1 N–H and O–H groups in total. The molecule has 3 rings (SSSR count). The maximum atomic E-state index is 13.0. The van der Waals surface area contributed by atoms with Crippen LogP contribution in [0.3, 0.4) is 0 Å². The molecule has 0 aliphatic rings. The molecule has 2 aromatic carbocycles. The lowest BCUT2D eigenvalue weighted by atomic mass is 10.2. The number of rotatable bonds is 3. The van der Waals surface area contributed by atoms with Crippen molar-refractivity contribution in [3.05, 3.63) is 87.1 Å². The predicted molar refractivity (Wildman–Crippen MR) is 91.9 cm³/mol. The normalized spacial score (nSPS) is 10.5. The lowest BCUT2D eigenvalue weighted by molar-refractivity contribution is 0.803. The number of para-hydroxylation sites is 2. The lowest BCUT2D eigenvalue weighted by Crippen LogP contribution is -2.39. The third kappa shape index (κ3) is 2.57. The van der Waals surface area contributed by atoms with E-state index in [1.807, 2.05) is 55.5 Å². The molecule has 1 aromatic heterocycles. The Morgan fingerprint density at radius 2 is 1.52 bits per heavy atom. The van der Waals surface area contributed by atoms with Crippen molar-refractivity contribution in [3.63, 3.8) is 0 Å². The van der Waals surface area contributed by atoms with Gasteiger partial charge in [0, 0.05) is 13.1 Å². The summed E-state index contributed by atoms with van der Waals surface area (Å²) in [4.78, 5) is 25.5. The molecular formula is C18H17N3O2. The van der Waals surface area contributed by atoms with Crippen LogP contribution in [0.2, 0.25) is 0 Å². The van der Waals surface area contributed by atoms with Crippen LogP contribution in [0.5, 0.6) is 0 Å². The van der Waals surface area contributed by atoms with Gasteiger partial charge in [-0.05, 0) is 30.7 Å². The van der Waals surface area contributed by atoms with E-state index >= 15 is 0 Å². The van der Waals surface area contributed by atoms with Crippen molar-refractivity contribution in [2.75, 3.05) is 12.4 Å². The van der Waals surface area contributed by atoms with Crippen LogP contribution >= 0.6 is 0 Å². The third-order valence-electron chi connectivity index (χ3n) is 3.73. The number of hydrogen-bond acceptors (Lipinski definition) is 3. The Kier molecular flexibility index (Phi) is 3.85. The molecule has 0 saturated carbocycles. The van der Waals surface area contributed by atoms with Crippen molar-refractivity contribution in [2.45, 2.75) is 6.92 Å². The zero-order valence-corrected chi connectivity index (χ0v) is 13.0. The van der Waals surface area contributed by atoms with Crippen LogP contribution in [-0.4, -0.2) is 16.2 Å². The number of anilines is 1. The quantitative estimate of drug-likeness (QED) is 0.808. The minimum atomic E-state index is -0.401. The summed E-state index contributed by atoms with van der Waals surface area (Å²) in [5, 5.41) is 2.92. The number of aromatic nitrogens is 2. The highest BCUT2D eigenvalue weighted by molar-refractivity contribution is 5.47. The molecule has 5 nitrogen and oxygen atoms in total. The first-order valence-corrected chi connectivity index (χ1v) is 7.32. The van der Waals surface area contributed by atoms with Gasteiger partial charge < -0.3 is 5.32 Å². The average Bonchev–Trinajstić information content (AvgIpc) is 2.56. The fraction of sp³-hybridized carbons (Fsp3) is 0.111. The van der Waals surface area contributed by atoms with Crippen LogP contribution in [-0.2, 0) is 0 Å². The van der Waals surface area contributed by atoms with E-state index in [9.17, 15) is 9.59 Å². The van der Waals surface area contributed by atoms with E-state index < -0.39 is 5.69 Å². The van der Waals surface area contributed by atoms with Gasteiger partial charge in [-0.3, -0.25) is 4.79 Å². The molecule has 0 fully saturated rings. The monoisotopic (exact) mass is 307 g/mol. The zero-order valence-electron chi connectivity index (χ0n) is 13.0. The Bertz CT molecular complexity index is 956. The fourth-order valence-electron chi connectivity index (χ4n) is 2.59. The van der Waals surface area contributed by atoms with Gasteiger partial charge >= 0.3 is 5.69 Å². The largest absolute Gasteiger partial charge is 0.374 e. The highest BCUT2D eigenvalue weighted by Gasteiger charge is 2.14. The maximum Gasteiger partial charge on any atom is 0.341 e. The second kappa shape index (κ2) is 5.96. The minimum Gasteiger partial charge on any atom is -0.374 e. The molecule has 0 aliphatic carbocycles. The Morgan fingerprint density at radius 1 is 0.870 bits per heavy atom. The van der Waals surface area contributed by atoms with Gasteiger partial charge in [0.25, 0.3) is 5.56 Å². The van der Waals surface area contributed by atoms with Gasteiger partial charge in [-0.1, -0.05) is 36.4 Å². The molecule has 0 saturated heterocycles. The van der Waals surface area contributed by atoms with E-state index in [1.165, 1.54) is 15.2 Å². The Morgan fingerprint density at radius 3 is 2.17 bits per heavy atom. The van der Waals surface area contributed by atoms with Crippen LogP contribution in [0.1, 0.15) is 5.56 Å². The van der Waals surface area contributed by atoms with Gasteiger partial charge in [-0.15, -0.1) is 0 Å². The molecule has 0 bridgehead atoms. The van der Waals surface area contributed by atoms with E-state index in [1.54, 1.807) is 13.1 Å². The number of nitrogens with zero attached hydrogens (tertiary/aromatic N) is 2. The van der Waals surface area contributed by atoms with Gasteiger partial charge in [0.1, 0.15) is 5.82 Å². The van der Waals surface area contributed by atoms with Gasteiger partial charge in [0.05, 0.1) is 11.4 Å². The summed E-state index contributed by atoms with van der Waals surface area (Å²) < 4.78 is 2.69. The van der Waals surface area contributed by atoms with E-state index in [0.29, 0.717) is 17.2 Å². The van der Waals surface area contributed by atoms with Crippen LogP contribution in [0.4, 0.5) is 5.82 Å². The summed E-state index contributed by atoms with van der Waals surface area (Å²) in [7, 11) is 1.69. The molecule has 0 radical (unpaired) electrons. The molecule has 0 aliphatic heterocycles. The minimum absolute atomic E-state index is 0.360. The van der Waals surface area contributed by atoms with Crippen LogP contribution < -0.4 is 16.6 Å². The molecule has 0 unspecified atom stereocenters. The Hall–Kier alpha value is -3.08. The predicted octanol–water partition coefficient (Wildman–Crippen LogP) is 2.34. The average molecular weight is 307 g/mol. The third-order valence-corrected chi connectivity index (χ3v) is 3.73. The summed E-state index contributed by atoms with van der Waals surface area (Å²) in [5.74, 6) is 0.455. The molecule has 116 valence electrons. The number of nitrogens with one attached hydrogen (secondary N) is 1. The van der Waals surface area contributed by atoms with Gasteiger partial charge in [0.15, 0.2) is 0 Å². The molecular weight excluding hydrogens is 290 g/mol. The molecule has 5 heteroatoms. The van der Waals surface area contributed by atoms with Crippen molar-refractivity contribution in [2.24, 2.45) is 0 Å². The smallest absolute Gasteiger partial charge is 0.341 e. The first kappa shape index (κ1) is 14.8. The second-order valence-corrected chi connectivity index (χ2v) is 5.19. The molecule has 1 heterocycles. The fourth-order valence-corrected chi connectivity index (χ4v) is 2.59. The summed E-state index contributed by atoms with van der Waals surface area (Å²) in [5.41, 5.74) is 1.39. The second-order valence-electron chi connectivity index (χ2n) is 5.19. The topological polar surface area (TPSA) is 56.0 Å². The zero-order chi connectivity index (χ0) is 16.4. The first-order chi connectivity index (χ1) is 11.1. The SMILES string of the molecule is CNc1cc(=O)n(-c2ccccc2C)c(=O)n1-c1ccccc1. The summed E-state index contributed by atoms with van der Waals surface area (Å²) in [6, 6.07) is 18.0. The van der Waals surface area contributed by atoms with Crippen LogP contribution in [0, 0.1) is 6.92 Å². The molecule has 23 heavy (non-hydrogen) atoms. The van der Waals surface area contributed by atoms with Gasteiger partial charge in [-0.25, -0.2) is 13.9 Å². The number of aryl methyl sites for hydroxylation is 1. The van der Waals surface area contributed by atoms with Gasteiger partial charge in [-0.2, -0.15) is 0 Å². The first-order valence-electron chi connectivity index (χ1n) is 7.32. The maximum absolute atomic E-state index is 13.0. The molecule has 0 atom stereocenters. The van der Waals surface area contributed by atoms with Crippen LogP contribution in [0.15, 0.2) is 70.3 Å². The van der Waals surface area contributed by atoms with Crippen molar-refractivity contribution < 1.29 is 0 Å². The number of benzene rings is 2. The van der Waals surface area contributed by atoms with E-state index in [4.69, 9.17) is 0 Å². The van der Waals surface area contributed by atoms with Crippen molar-refractivity contribution in [1.29, 1.82) is 0 Å². The summed E-state index contributed by atoms with van der Waals surface area (Å²) in [6.07, 6.45) is 0. The highest BCUT2D eigenvalue weighted by Crippen LogP contribution is 2.13. The van der Waals surface area contributed by atoms with Crippen molar-refractivity contribution in [3.8, 4) is 11.4 Å². The van der Waals surface area contributed by atoms with E-state index in [2.05, 4.69) is 5.32 Å². The Labute approximate surface area is 133 Å². The molecule has 0 amide bonds. The summed E-state index contributed by atoms with van der Waals surface area (Å²) in [6.45, 7) is 1.88. The van der Waals surface area contributed by atoms with Crippen molar-refractivity contribution in [1.82, 2.24) is 9.13 Å². The summed E-state index contributed by atoms with van der Waals surface area (Å²) >= 11 is 0.